The molecule has 0 N–H and O–H groups in total. The number of hydrogen-bond acceptors (Lipinski definition) is 5. The molecule has 5 heteroatoms. The van der Waals surface area contributed by atoms with Gasteiger partial charge >= 0.3 is 0 Å². The third kappa shape index (κ3) is 2.93. The first-order chi connectivity index (χ1) is 9.28. The van der Waals surface area contributed by atoms with E-state index in [1.54, 1.807) is 0 Å². The predicted octanol–water partition coefficient (Wildman–Crippen LogP) is 2.09. The van der Waals surface area contributed by atoms with Gasteiger partial charge < -0.3 is 14.2 Å². The summed E-state index contributed by atoms with van der Waals surface area (Å²) in [5, 5.41) is 0. The molecule has 1 heterocycles. The molecular formula is C14H16N2O3. The van der Waals surface area contributed by atoms with Crippen molar-refractivity contribution in [2.24, 2.45) is 0 Å². The summed E-state index contributed by atoms with van der Waals surface area (Å²) in [6.07, 6.45) is 0.609. The largest absolute Gasteiger partial charge is 0.487 e. The molecule has 2 aromatic rings. The second kappa shape index (κ2) is 6.04. The Morgan fingerprint density at radius 1 is 0.842 bits per heavy atom. The summed E-state index contributed by atoms with van der Waals surface area (Å²) < 4.78 is 15.6. The highest BCUT2D eigenvalue weighted by Gasteiger charge is 2.16. The minimum Gasteiger partial charge on any atom is -0.487 e. The molecule has 1 aromatic carbocycles. The Morgan fingerprint density at radius 3 is 1.89 bits per heavy atom. The number of benzene rings is 1. The van der Waals surface area contributed by atoms with Crippen molar-refractivity contribution in [3.05, 3.63) is 41.7 Å². The second-order valence-electron chi connectivity index (χ2n) is 3.85. The van der Waals surface area contributed by atoms with E-state index in [-0.39, 0.29) is 0 Å². The van der Waals surface area contributed by atoms with Crippen LogP contribution in [-0.4, -0.2) is 31.3 Å². The van der Waals surface area contributed by atoms with Gasteiger partial charge in [0, 0.05) is 6.42 Å². The average Bonchev–Trinajstić information content (AvgIpc) is 2.47. The molecule has 0 aliphatic rings. The van der Waals surface area contributed by atoms with Crippen LogP contribution in [0.4, 0.5) is 0 Å². The van der Waals surface area contributed by atoms with Gasteiger partial charge in [0.2, 0.25) is 5.75 Å². The number of ether oxygens (including phenoxy) is 3. The van der Waals surface area contributed by atoms with Crippen LogP contribution in [0.25, 0.3) is 0 Å². The Labute approximate surface area is 112 Å². The molecule has 0 aliphatic heterocycles. The van der Waals surface area contributed by atoms with E-state index in [1.165, 1.54) is 21.3 Å². The summed E-state index contributed by atoms with van der Waals surface area (Å²) in [6, 6.07) is 9.97. The van der Waals surface area contributed by atoms with Crippen LogP contribution in [0.1, 0.15) is 11.4 Å². The molecule has 1 aromatic heterocycles. The van der Waals surface area contributed by atoms with Crippen molar-refractivity contribution >= 4 is 0 Å². The van der Waals surface area contributed by atoms with Crippen molar-refractivity contribution in [1.29, 1.82) is 0 Å². The van der Waals surface area contributed by atoms with Crippen LogP contribution < -0.4 is 14.2 Å². The number of aromatic nitrogens is 2. The Hall–Kier alpha value is -2.30. The number of rotatable bonds is 5. The van der Waals surface area contributed by atoms with Gasteiger partial charge in [-0.15, -0.1) is 0 Å². The van der Waals surface area contributed by atoms with E-state index in [2.05, 4.69) is 9.97 Å². The molecule has 0 unspecified atom stereocenters. The molecule has 0 spiro atoms. The van der Waals surface area contributed by atoms with Crippen molar-refractivity contribution in [1.82, 2.24) is 9.97 Å². The van der Waals surface area contributed by atoms with Crippen molar-refractivity contribution in [2.45, 2.75) is 6.42 Å². The first-order valence-electron chi connectivity index (χ1n) is 5.85. The highest BCUT2D eigenvalue weighted by atomic mass is 16.5. The molecule has 0 saturated carbocycles. The maximum Gasteiger partial charge on any atom is 0.264 e. The summed E-state index contributed by atoms with van der Waals surface area (Å²) in [5.74, 6) is 1.78. The maximum atomic E-state index is 5.20. The lowest BCUT2D eigenvalue weighted by atomic mass is 10.1. The van der Waals surface area contributed by atoms with E-state index < -0.39 is 0 Å². The summed E-state index contributed by atoms with van der Waals surface area (Å²) in [4.78, 5) is 8.66. The van der Waals surface area contributed by atoms with Crippen molar-refractivity contribution < 1.29 is 14.2 Å². The second-order valence-corrected chi connectivity index (χ2v) is 3.85. The molecule has 2 rings (SSSR count). The van der Waals surface area contributed by atoms with Crippen LogP contribution in [0.15, 0.2) is 30.3 Å². The van der Waals surface area contributed by atoms with E-state index in [0.29, 0.717) is 29.8 Å². The van der Waals surface area contributed by atoms with E-state index in [9.17, 15) is 0 Å². The van der Waals surface area contributed by atoms with Gasteiger partial charge in [-0.3, -0.25) is 0 Å². The lowest BCUT2D eigenvalue weighted by molar-refractivity contribution is 0.305. The molecule has 0 saturated heterocycles. The van der Waals surface area contributed by atoms with E-state index in [4.69, 9.17) is 14.2 Å². The lowest BCUT2D eigenvalue weighted by Gasteiger charge is -2.11. The van der Waals surface area contributed by atoms with E-state index in [1.807, 2.05) is 30.3 Å². The number of nitrogens with zero attached hydrogens (tertiary/aromatic N) is 2. The molecule has 0 amide bonds. The predicted molar refractivity (Wildman–Crippen MR) is 70.9 cm³/mol. The monoisotopic (exact) mass is 260 g/mol. The summed E-state index contributed by atoms with van der Waals surface area (Å²) in [7, 11) is 4.60. The number of methoxy groups -OCH3 is 3. The summed E-state index contributed by atoms with van der Waals surface area (Å²) >= 11 is 0. The third-order valence-electron chi connectivity index (χ3n) is 2.65. The average molecular weight is 260 g/mol. The summed E-state index contributed by atoms with van der Waals surface area (Å²) in [6.45, 7) is 0. The zero-order valence-electron chi connectivity index (χ0n) is 11.2. The minimum absolute atomic E-state index is 0.375. The van der Waals surface area contributed by atoms with E-state index >= 15 is 0 Å². The van der Waals surface area contributed by atoms with Gasteiger partial charge in [-0.2, -0.15) is 9.97 Å². The molecule has 0 bridgehead atoms. The normalized spacial score (nSPS) is 10.1. The molecule has 0 atom stereocenters. The zero-order chi connectivity index (χ0) is 13.7. The minimum atomic E-state index is 0.375. The smallest absolute Gasteiger partial charge is 0.264 e. The molecule has 0 aliphatic carbocycles. The van der Waals surface area contributed by atoms with Crippen molar-refractivity contribution in [3.63, 3.8) is 0 Å². The Kier molecular flexibility index (Phi) is 4.18. The van der Waals surface area contributed by atoms with Crippen molar-refractivity contribution in [3.8, 4) is 17.5 Å². The summed E-state index contributed by atoms with van der Waals surface area (Å²) in [5.41, 5.74) is 1.12. The molecule has 0 fully saturated rings. The molecule has 5 nitrogen and oxygen atoms in total. The zero-order valence-corrected chi connectivity index (χ0v) is 11.2. The molecular weight excluding hydrogens is 244 g/mol. The Morgan fingerprint density at radius 2 is 1.42 bits per heavy atom. The topological polar surface area (TPSA) is 53.5 Å². The first-order valence-corrected chi connectivity index (χ1v) is 5.85. The van der Waals surface area contributed by atoms with Crippen LogP contribution in [0, 0.1) is 0 Å². The van der Waals surface area contributed by atoms with Gasteiger partial charge in [0.05, 0.1) is 21.3 Å². The third-order valence-corrected chi connectivity index (χ3v) is 2.65. The molecule has 100 valence electrons. The van der Waals surface area contributed by atoms with Crippen LogP contribution in [0.3, 0.4) is 0 Å². The fourth-order valence-electron chi connectivity index (χ4n) is 1.76. The van der Waals surface area contributed by atoms with Crippen LogP contribution in [0.2, 0.25) is 0 Å². The maximum absolute atomic E-state index is 5.20. The van der Waals surface area contributed by atoms with Gasteiger partial charge in [0.1, 0.15) is 5.82 Å². The fraction of sp³-hybridized carbons (Fsp3) is 0.286. The fourth-order valence-corrected chi connectivity index (χ4v) is 1.76. The Balaban J connectivity index is 2.36. The van der Waals surface area contributed by atoms with Crippen LogP contribution in [-0.2, 0) is 6.42 Å². The van der Waals surface area contributed by atoms with Crippen LogP contribution >= 0.6 is 0 Å². The van der Waals surface area contributed by atoms with Gasteiger partial charge in [-0.1, -0.05) is 30.3 Å². The SMILES string of the molecule is COc1nc(Cc2ccccc2)nc(OC)c1OC. The lowest BCUT2D eigenvalue weighted by Crippen LogP contribution is -2.04. The van der Waals surface area contributed by atoms with Crippen LogP contribution in [0.5, 0.6) is 17.5 Å². The molecule has 0 radical (unpaired) electrons. The van der Waals surface area contributed by atoms with Gasteiger partial charge in [-0.05, 0) is 5.56 Å². The standard InChI is InChI=1S/C14H16N2O3/c1-17-12-13(18-2)15-11(16-14(12)19-3)9-10-7-5-4-6-8-10/h4-8H,9H2,1-3H3. The quantitative estimate of drug-likeness (QED) is 0.824. The molecule has 19 heavy (non-hydrogen) atoms. The number of hydrogen-bond donors (Lipinski definition) is 0. The highest BCUT2D eigenvalue weighted by Crippen LogP contribution is 2.33. The van der Waals surface area contributed by atoms with Gasteiger partial charge in [0.15, 0.2) is 0 Å². The van der Waals surface area contributed by atoms with E-state index in [0.717, 1.165) is 5.56 Å². The van der Waals surface area contributed by atoms with Crippen molar-refractivity contribution in [2.75, 3.05) is 21.3 Å². The first kappa shape index (κ1) is 13.1. The van der Waals surface area contributed by atoms with Gasteiger partial charge in [-0.25, -0.2) is 0 Å². The Bertz CT molecular complexity index is 519. The highest BCUT2D eigenvalue weighted by molar-refractivity contribution is 5.43. The van der Waals surface area contributed by atoms with Gasteiger partial charge in [0.25, 0.3) is 11.8 Å².